The van der Waals surface area contributed by atoms with Crippen LogP contribution < -0.4 is 0 Å². The average molecular weight is 143 g/mol. The molecule has 0 heterocycles. The van der Waals surface area contributed by atoms with Crippen LogP contribution in [-0.2, 0) is 0 Å². The molecule has 0 amide bonds. The van der Waals surface area contributed by atoms with Crippen LogP contribution in [0.5, 0.6) is 0 Å². The number of hydrogen-bond acceptors (Lipinski definition) is 0. The van der Waals surface area contributed by atoms with Crippen molar-refractivity contribution >= 4 is 12.6 Å². The van der Waals surface area contributed by atoms with E-state index in [1.54, 1.807) is 0 Å². The summed E-state index contributed by atoms with van der Waals surface area (Å²) in [5, 5.41) is 0. The van der Waals surface area contributed by atoms with Gasteiger partial charge >= 0.3 is 0 Å². The molecule has 1 aliphatic carbocycles. The van der Waals surface area contributed by atoms with Crippen LogP contribution in [0.1, 0.15) is 38.5 Å². The first-order valence-corrected chi connectivity index (χ1v) is 4.59. The van der Waals surface area contributed by atoms with Gasteiger partial charge in [-0.3, -0.25) is 0 Å². The summed E-state index contributed by atoms with van der Waals surface area (Å²) in [4.78, 5) is 0. The zero-order chi connectivity index (χ0) is 6.53. The highest BCUT2D eigenvalue weighted by Gasteiger charge is 2.15. The largest absolute Gasteiger partial charge is 0.0942 e. The van der Waals surface area contributed by atoms with Gasteiger partial charge in [-0.2, -0.15) is 0 Å². The molecule has 0 nitrogen and oxygen atoms in total. The molecule has 1 radical (unpaired) electrons. The van der Waals surface area contributed by atoms with Crippen molar-refractivity contribution in [2.45, 2.75) is 38.5 Å². The van der Waals surface area contributed by atoms with Gasteiger partial charge in [0.05, 0.1) is 0 Å². The van der Waals surface area contributed by atoms with Crippen LogP contribution in [0.2, 0.25) is 0 Å². The van der Waals surface area contributed by atoms with Crippen molar-refractivity contribution in [1.29, 1.82) is 0 Å². The molecule has 0 atom stereocenters. The summed E-state index contributed by atoms with van der Waals surface area (Å²) in [5.41, 5.74) is 0. The Morgan fingerprint density at radius 1 is 1.22 bits per heavy atom. The van der Waals surface area contributed by atoms with E-state index in [9.17, 15) is 0 Å². The maximum absolute atomic E-state index is 4.86. The van der Waals surface area contributed by atoms with Crippen molar-refractivity contribution < 1.29 is 0 Å². The molecular formula is C8H15S. The number of hydrogen-bond donors (Lipinski definition) is 0. The lowest BCUT2D eigenvalue weighted by molar-refractivity contribution is 0.289. The molecule has 0 spiro atoms. The van der Waals surface area contributed by atoms with E-state index in [0.29, 0.717) is 0 Å². The fraction of sp³-hybridized carbons (Fsp3) is 1.00. The van der Waals surface area contributed by atoms with E-state index in [2.05, 4.69) is 0 Å². The molecule has 1 saturated carbocycles. The van der Waals surface area contributed by atoms with Crippen LogP contribution in [-0.4, -0.2) is 5.75 Å². The lowest BCUT2D eigenvalue weighted by atomic mass is 9.82. The smallest absolute Gasteiger partial charge is 0.00369 e. The standard InChI is InChI=1S/C8H15S/c9-7-2-1-4-8-5-3-6-8/h8H,1-7H2. The maximum atomic E-state index is 4.86. The minimum Gasteiger partial charge on any atom is -0.0942 e. The third-order valence-corrected chi connectivity index (χ3v) is 2.52. The first-order valence-electron chi connectivity index (χ1n) is 4.01. The number of rotatable bonds is 4. The predicted molar refractivity (Wildman–Crippen MR) is 43.7 cm³/mol. The quantitative estimate of drug-likeness (QED) is 0.530. The maximum Gasteiger partial charge on any atom is 0.00369 e. The molecular weight excluding hydrogens is 128 g/mol. The Labute approximate surface area is 63.4 Å². The van der Waals surface area contributed by atoms with E-state index in [1.807, 2.05) is 0 Å². The predicted octanol–water partition coefficient (Wildman–Crippen LogP) is 3.15. The Balaban J connectivity index is 1.80. The van der Waals surface area contributed by atoms with Crippen molar-refractivity contribution in [2.75, 3.05) is 5.75 Å². The number of unbranched alkanes of at least 4 members (excludes halogenated alkanes) is 1. The third-order valence-electron chi connectivity index (χ3n) is 2.23. The van der Waals surface area contributed by atoms with Crippen LogP contribution >= 0.6 is 12.6 Å². The molecule has 0 bridgehead atoms. The van der Waals surface area contributed by atoms with Gasteiger partial charge in [-0.1, -0.05) is 44.7 Å². The van der Waals surface area contributed by atoms with Gasteiger partial charge in [-0.05, 0) is 12.3 Å². The second-order valence-corrected chi connectivity index (χ2v) is 3.41. The summed E-state index contributed by atoms with van der Waals surface area (Å²) in [7, 11) is 0. The van der Waals surface area contributed by atoms with Crippen molar-refractivity contribution in [3.63, 3.8) is 0 Å². The van der Waals surface area contributed by atoms with Gasteiger partial charge in [0.15, 0.2) is 0 Å². The van der Waals surface area contributed by atoms with Gasteiger partial charge in [0.1, 0.15) is 0 Å². The Bertz CT molecular complexity index is 67.0. The second-order valence-electron chi connectivity index (χ2n) is 3.00. The summed E-state index contributed by atoms with van der Waals surface area (Å²) >= 11 is 4.86. The molecule has 53 valence electrons. The molecule has 0 N–H and O–H groups in total. The minimum atomic E-state index is 0.965. The molecule has 0 unspecified atom stereocenters. The second kappa shape index (κ2) is 4.21. The lowest BCUT2D eigenvalue weighted by Gasteiger charge is -2.24. The first-order chi connectivity index (χ1) is 4.43. The normalized spacial score (nSPS) is 19.7. The molecule has 1 rings (SSSR count). The molecule has 0 aromatic heterocycles. The molecule has 9 heavy (non-hydrogen) atoms. The average Bonchev–Trinajstić information content (AvgIpc) is 1.76. The molecule has 0 saturated heterocycles. The van der Waals surface area contributed by atoms with Gasteiger partial charge in [-0.15, -0.1) is 0 Å². The highest BCUT2D eigenvalue weighted by molar-refractivity contribution is 7.80. The molecule has 1 aliphatic rings. The molecule has 1 fully saturated rings. The van der Waals surface area contributed by atoms with Crippen molar-refractivity contribution in [3.05, 3.63) is 0 Å². The topological polar surface area (TPSA) is 0 Å². The Morgan fingerprint density at radius 3 is 2.44 bits per heavy atom. The van der Waals surface area contributed by atoms with Crippen molar-refractivity contribution in [3.8, 4) is 0 Å². The summed E-state index contributed by atoms with van der Waals surface area (Å²) in [6, 6.07) is 0. The highest BCUT2D eigenvalue weighted by atomic mass is 32.1. The van der Waals surface area contributed by atoms with Crippen LogP contribution in [0.25, 0.3) is 0 Å². The summed E-state index contributed by atoms with van der Waals surface area (Å²) in [5.74, 6) is 2.05. The summed E-state index contributed by atoms with van der Waals surface area (Å²) in [6.45, 7) is 0. The monoisotopic (exact) mass is 143 g/mol. The van der Waals surface area contributed by atoms with E-state index in [1.165, 1.54) is 38.5 Å². The molecule has 1 heteroatoms. The Morgan fingerprint density at radius 2 is 2.00 bits per heavy atom. The summed E-state index contributed by atoms with van der Waals surface area (Å²) in [6.07, 6.45) is 8.59. The van der Waals surface area contributed by atoms with Crippen LogP contribution in [0.3, 0.4) is 0 Å². The molecule has 0 aliphatic heterocycles. The van der Waals surface area contributed by atoms with Crippen LogP contribution in [0.4, 0.5) is 0 Å². The van der Waals surface area contributed by atoms with Crippen molar-refractivity contribution in [2.24, 2.45) is 5.92 Å². The van der Waals surface area contributed by atoms with Gasteiger partial charge in [0.25, 0.3) is 0 Å². The van der Waals surface area contributed by atoms with Crippen LogP contribution in [0, 0.1) is 5.92 Å². The van der Waals surface area contributed by atoms with Gasteiger partial charge in [-0.25, -0.2) is 0 Å². The molecule has 0 aromatic carbocycles. The Hall–Kier alpha value is 0.350. The van der Waals surface area contributed by atoms with E-state index >= 15 is 0 Å². The first kappa shape index (κ1) is 7.46. The van der Waals surface area contributed by atoms with E-state index in [-0.39, 0.29) is 0 Å². The van der Waals surface area contributed by atoms with Gasteiger partial charge < -0.3 is 0 Å². The fourth-order valence-electron chi connectivity index (χ4n) is 1.32. The summed E-state index contributed by atoms with van der Waals surface area (Å²) < 4.78 is 0. The minimum absolute atomic E-state index is 0.965. The van der Waals surface area contributed by atoms with E-state index in [4.69, 9.17) is 12.6 Å². The van der Waals surface area contributed by atoms with Gasteiger partial charge in [0, 0.05) is 5.75 Å². The Kier molecular flexibility index (Phi) is 3.49. The lowest BCUT2D eigenvalue weighted by Crippen LogP contribution is -2.10. The zero-order valence-corrected chi connectivity index (χ0v) is 6.75. The van der Waals surface area contributed by atoms with Crippen molar-refractivity contribution in [1.82, 2.24) is 0 Å². The fourth-order valence-corrected chi connectivity index (χ4v) is 1.52. The SMILES string of the molecule is [S]CCCCC1CCC1. The third kappa shape index (κ3) is 2.61. The highest BCUT2D eigenvalue weighted by Crippen LogP contribution is 2.30. The zero-order valence-electron chi connectivity index (χ0n) is 5.94. The van der Waals surface area contributed by atoms with Crippen LogP contribution in [0.15, 0.2) is 0 Å². The van der Waals surface area contributed by atoms with E-state index in [0.717, 1.165) is 11.7 Å². The van der Waals surface area contributed by atoms with E-state index < -0.39 is 0 Å². The molecule has 0 aromatic rings. The van der Waals surface area contributed by atoms with Gasteiger partial charge in [0.2, 0.25) is 0 Å².